The normalized spacial score (nSPS) is 20.4. The summed E-state index contributed by atoms with van der Waals surface area (Å²) in [6.45, 7) is 5.11. The summed E-state index contributed by atoms with van der Waals surface area (Å²) < 4.78 is 13.4. The Morgan fingerprint density at radius 1 is 0.875 bits per heavy atom. The molecule has 6 nitrogen and oxygen atoms in total. The molecule has 0 bridgehead atoms. The van der Waals surface area contributed by atoms with E-state index in [9.17, 15) is 4.79 Å². The summed E-state index contributed by atoms with van der Waals surface area (Å²) in [4.78, 5) is 18.4. The molecule has 2 heterocycles. The van der Waals surface area contributed by atoms with Gasteiger partial charge in [-0.05, 0) is 62.5 Å². The molecule has 3 aromatic carbocycles. The maximum atomic E-state index is 13.9. The third-order valence-electron chi connectivity index (χ3n) is 8.69. The lowest BCUT2D eigenvalue weighted by Crippen LogP contribution is -2.60. The van der Waals surface area contributed by atoms with Crippen LogP contribution in [0.15, 0.2) is 84.9 Å². The number of likely N-dealkylation sites (tertiary alicyclic amines) is 1. The predicted molar refractivity (Wildman–Crippen MR) is 157 cm³/mol. The minimum atomic E-state index is -0.179. The lowest BCUT2D eigenvalue weighted by molar-refractivity contribution is -0.187. The molecule has 2 spiro atoms. The third-order valence-corrected chi connectivity index (χ3v) is 8.69. The quantitative estimate of drug-likeness (QED) is 0.392. The van der Waals surface area contributed by atoms with Gasteiger partial charge in [0.15, 0.2) is 0 Å². The molecule has 40 heavy (non-hydrogen) atoms. The van der Waals surface area contributed by atoms with E-state index >= 15 is 0 Å². The second-order valence-electron chi connectivity index (χ2n) is 11.8. The third kappa shape index (κ3) is 6.09. The van der Waals surface area contributed by atoms with Crippen molar-refractivity contribution < 1.29 is 14.3 Å². The minimum absolute atomic E-state index is 0.0133. The Morgan fingerprint density at radius 2 is 1.50 bits per heavy atom. The van der Waals surface area contributed by atoms with Crippen LogP contribution >= 0.6 is 0 Å². The number of nitrogens with zero attached hydrogens (tertiary/aromatic N) is 2. The topological polar surface area (TPSA) is 54.0 Å². The molecule has 1 saturated carbocycles. The molecule has 0 radical (unpaired) electrons. The van der Waals surface area contributed by atoms with Gasteiger partial charge in [-0.25, -0.2) is 0 Å². The number of para-hydroxylation sites is 1. The zero-order valence-corrected chi connectivity index (χ0v) is 23.6. The van der Waals surface area contributed by atoms with Gasteiger partial charge < -0.3 is 19.7 Å². The zero-order chi connectivity index (χ0) is 27.4. The number of benzene rings is 3. The molecule has 2 saturated heterocycles. The standard InChI is InChI=1S/C34H41N3O3/c1-35-21-16-30(28-12-6-3-7-13-28)39-31-15-9-8-14-29(31)32(38)37-22-19-34(20-23-37)26-36(25-33(40-34)17-18-33)24-27-10-4-2-5-11-27/h2-15,30,35H,16-26H2,1H3. The van der Waals surface area contributed by atoms with Crippen LogP contribution in [0.3, 0.4) is 0 Å². The van der Waals surface area contributed by atoms with Crippen molar-refractivity contribution >= 4 is 5.91 Å². The zero-order valence-electron chi connectivity index (χ0n) is 23.6. The summed E-state index contributed by atoms with van der Waals surface area (Å²) >= 11 is 0. The number of hydrogen-bond acceptors (Lipinski definition) is 5. The smallest absolute Gasteiger partial charge is 0.257 e. The van der Waals surface area contributed by atoms with Gasteiger partial charge in [0, 0.05) is 39.1 Å². The van der Waals surface area contributed by atoms with Crippen LogP contribution in [0.4, 0.5) is 0 Å². The molecule has 1 unspecified atom stereocenters. The molecule has 2 aliphatic heterocycles. The number of nitrogens with one attached hydrogen (secondary N) is 1. The molecule has 1 aliphatic carbocycles. The molecule has 3 fully saturated rings. The van der Waals surface area contributed by atoms with Gasteiger partial charge in [0.05, 0.1) is 16.8 Å². The highest BCUT2D eigenvalue weighted by atomic mass is 16.5. The predicted octanol–water partition coefficient (Wildman–Crippen LogP) is 5.46. The van der Waals surface area contributed by atoms with E-state index in [2.05, 4.69) is 52.7 Å². The fourth-order valence-electron chi connectivity index (χ4n) is 6.43. The second kappa shape index (κ2) is 11.7. The van der Waals surface area contributed by atoms with Gasteiger partial charge in [0.1, 0.15) is 11.9 Å². The van der Waals surface area contributed by atoms with E-state index in [1.165, 1.54) is 5.56 Å². The highest BCUT2D eigenvalue weighted by molar-refractivity contribution is 5.97. The first-order valence-electron chi connectivity index (χ1n) is 14.8. The van der Waals surface area contributed by atoms with Crippen LogP contribution in [0.5, 0.6) is 5.75 Å². The number of hydrogen-bond donors (Lipinski definition) is 1. The van der Waals surface area contributed by atoms with E-state index in [1.54, 1.807) is 0 Å². The first-order valence-corrected chi connectivity index (χ1v) is 14.8. The Hall–Kier alpha value is -3.19. The lowest BCUT2D eigenvalue weighted by Gasteiger charge is -2.50. The monoisotopic (exact) mass is 539 g/mol. The van der Waals surface area contributed by atoms with E-state index in [4.69, 9.17) is 9.47 Å². The van der Waals surface area contributed by atoms with Crippen LogP contribution in [-0.2, 0) is 11.3 Å². The number of piperidine rings is 1. The minimum Gasteiger partial charge on any atom is -0.485 e. The molecular formula is C34H41N3O3. The van der Waals surface area contributed by atoms with E-state index in [-0.39, 0.29) is 23.2 Å². The number of ether oxygens (including phenoxy) is 2. The summed E-state index contributed by atoms with van der Waals surface area (Å²) in [5.74, 6) is 0.696. The lowest BCUT2D eigenvalue weighted by atomic mass is 9.87. The Morgan fingerprint density at radius 3 is 2.17 bits per heavy atom. The molecule has 6 rings (SSSR count). The van der Waals surface area contributed by atoms with Gasteiger partial charge in [-0.15, -0.1) is 0 Å². The molecule has 3 aliphatic rings. The highest BCUT2D eigenvalue weighted by Crippen LogP contribution is 2.49. The molecule has 1 amide bonds. The maximum absolute atomic E-state index is 13.9. The van der Waals surface area contributed by atoms with Crippen LogP contribution in [0, 0.1) is 0 Å². The molecule has 3 aromatic rings. The largest absolute Gasteiger partial charge is 0.485 e. The maximum Gasteiger partial charge on any atom is 0.257 e. The average Bonchev–Trinajstić information content (AvgIpc) is 3.73. The summed E-state index contributed by atoms with van der Waals surface area (Å²) in [6.07, 6.45) is 4.70. The van der Waals surface area contributed by atoms with Gasteiger partial charge in [-0.2, -0.15) is 0 Å². The summed E-state index contributed by atoms with van der Waals surface area (Å²) in [5.41, 5.74) is 2.94. The second-order valence-corrected chi connectivity index (χ2v) is 11.8. The van der Waals surface area contributed by atoms with E-state index in [0.717, 1.165) is 63.8 Å². The van der Waals surface area contributed by atoms with Crippen LogP contribution in [0.1, 0.15) is 59.7 Å². The molecule has 1 N–H and O–H groups in total. The molecular weight excluding hydrogens is 498 g/mol. The van der Waals surface area contributed by atoms with Crippen molar-refractivity contribution in [2.45, 2.75) is 56.0 Å². The van der Waals surface area contributed by atoms with Crippen molar-refractivity contribution in [3.8, 4) is 5.75 Å². The average molecular weight is 540 g/mol. The van der Waals surface area contributed by atoms with Gasteiger partial charge in [-0.1, -0.05) is 72.8 Å². The molecule has 210 valence electrons. The van der Waals surface area contributed by atoms with Crippen molar-refractivity contribution in [1.82, 2.24) is 15.1 Å². The van der Waals surface area contributed by atoms with Crippen molar-refractivity contribution in [1.29, 1.82) is 0 Å². The number of morpholine rings is 1. The number of rotatable bonds is 9. The Bertz CT molecular complexity index is 1270. The molecule has 1 atom stereocenters. The van der Waals surface area contributed by atoms with Crippen LogP contribution in [-0.4, -0.2) is 66.7 Å². The first-order chi connectivity index (χ1) is 19.6. The van der Waals surface area contributed by atoms with E-state index < -0.39 is 0 Å². The van der Waals surface area contributed by atoms with Gasteiger partial charge in [0.25, 0.3) is 5.91 Å². The molecule has 6 heteroatoms. The van der Waals surface area contributed by atoms with Crippen molar-refractivity contribution in [3.05, 3.63) is 102 Å². The fraction of sp³-hybridized carbons (Fsp3) is 0.441. The van der Waals surface area contributed by atoms with Crippen molar-refractivity contribution in [3.63, 3.8) is 0 Å². The van der Waals surface area contributed by atoms with Gasteiger partial charge in [-0.3, -0.25) is 9.69 Å². The number of amides is 1. The number of carbonyl (C=O) groups is 1. The summed E-state index contributed by atoms with van der Waals surface area (Å²) in [6, 6.07) is 28.7. The highest BCUT2D eigenvalue weighted by Gasteiger charge is 2.56. The number of carbonyl (C=O) groups excluding carboxylic acids is 1. The van der Waals surface area contributed by atoms with Crippen molar-refractivity contribution in [2.24, 2.45) is 0 Å². The first kappa shape index (κ1) is 27.0. The van der Waals surface area contributed by atoms with Crippen LogP contribution < -0.4 is 10.1 Å². The van der Waals surface area contributed by atoms with Crippen molar-refractivity contribution in [2.75, 3.05) is 39.8 Å². The summed E-state index contributed by atoms with van der Waals surface area (Å²) in [7, 11) is 1.95. The fourth-order valence-corrected chi connectivity index (χ4v) is 6.43. The Balaban J connectivity index is 1.14. The Kier molecular flexibility index (Phi) is 7.92. The summed E-state index contributed by atoms with van der Waals surface area (Å²) in [5, 5.41) is 3.23. The van der Waals surface area contributed by atoms with Crippen LogP contribution in [0.2, 0.25) is 0 Å². The Labute approximate surface area is 238 Å². The van der Waals surface area contributed by atoms with Crippen LogP contribution in [0.25, 0.3) is 0 Å². The van der Waals surface area contributed by atoms with Gasteiger partial charge >= 0.3 is 0 Å². The van der Waals surface area contributed by atoms with Gasteiger partial charge in [0.2, 0.25) is 0 Å². The SMILES string of the molecule is CNCCC(Oc1ccccc1C(=O)N1CCC2(CC1)CN(Cc1ccccc1)CC1(CC1)O2)c1ccccc1. The molecule has 0 aromatic heterocycles. The van der Waals surface area contributed by atoms with E-state index in [1.807, 2.05) is 54.4 Å². The van der Waals surface area contributed by atoms with E-state index in [0.29, 0.717) is 24.4 Å².